The van der Waals surface area contributed by atoms with Gasteiger partial charge in [-0.05, 0) is 31.7 Å². The molecule has 2 fully saturated rings. The summed E-state index contributed by atoms with van der Waals surface area (Å²) in [4.78, 5) is 37.2. The quantitative estimate of drug-likeness (QED) is 0.470. The zero-order chi connectivity index (χ0) is 17.3. The highest BCUT2D eigenvalue weighted by molar-refractivity contribution is 5.99. The molecule has 0 aliphatic heterocycles. The lowest BCUT2D eigenvalue weighted by Crippen LogP contribution is -2.40. The van der Waals surface area contributed by atoms with Crippen molar-refractivity contribution in [3.8, 4) is 0 Å². The highest BCUT2D eigenvalue weighted by atomic mass is 16.6. The Morgan fingerprint density at radius 1 is 1.08 bits per heavy atom. The van der Waals surface area contributed by atoms with Crippen LogP contribution in [0.2, 0.25) is 0 Å². The first-order valence-corrected chi connectivity index (χ1v) is 8.21. The van der Waals surface area contributed by atoms with Crippen LogP contribution in [0.15, 0.2) is 18.2 Å². The van der Waals surface area contributed by atoms with Gasteiger partial charge in [-0.1, -0.05) is 12.8 Å². The average molecular weight is 332 g/mol. The number of ether oxygens (including phenoxy) is 1. The third-order valence-corrected chi connectivity index (χ3v) is 4.69. The molecule has 0 atom stereocenters. The van der Waals surface area contributed by atoms with E-state index in [4.69, 9.17) is 0 Å². The van der Waals surface area contributed by atoms with Crippen molar-refractivity contribution in [2.24, 2.45) is 0 Å². The molecule has 0 saturated heterocycles. The number of carbonyl (C=O) groups is 2. The first-order valence-electron chi connectivity index (χ1n) is 8.21. The van der Waals surface area contributed by atoms with Crippen LogP contribution in [0.1, 0.15) is 59.2 Å². The van der Waals surface area contributed by atoms with Crippen molar-refractivity contribution < 1.29 is 19.2 Å². The zero-order valence-corrected chi connectivity index (χ0v) is 13.6. The molecule has 0 N–H and O–H groups in total. The summed E-state index contributed by atoms with van der Waals surface area (Å²) in [6, 6.07) is 4.21. The van der Waals surface area contributed by atoms with Crippen molar-refractivity contribution in [1.29, 1.82) is 0 Å². The van der Waals surface area contributed by atoms with Gasteiger partial charge in [0.2, 0.25) is 0 Å². The number of amides is 1. The largest absolute Gasteiger partial charge is 0.465 e. The molecule has 0 unspecified atom stereocenters. The predicted octanol–water partition coefficient (Wildman–Crippen LogP) is 2.93. The second-order valence-electron chi connectivity index (χ2n) is 6.40. The van der Waals surface area contributed by atoms with Gasteiger partial charge >= 0.3 is 5.97 Å². The van der Waals surface area contributed by atoms with Crippen molar-refractivity contribution >= 4 is 17.6 Å². The molecular formula is C17H20N2O5. The van der Waals surface area contributed by atoms with Crippen molar-refractivity contribution in [1.82, 2.24) is 4.90 Å². The Balaban J connectivity index is 1.96. The molecule has 2 aliphatic rings. The number of carbonyl (C=O) groups excluding carboxylic acids is 2. The summed E-state index contributed by atoms with van der Waals surface area (Å²) in [6.45, 7) is 0. The van der Waals surface area contributed by atoms with Gasteiger partial charge in [0.05, 0.1) is 17.6 Å². The lowest BCUT2D eigenvalue weighted by molar-refractivity contribution is -0.384. The molecule has 7 heteroatoms. The van der Waals surface area contributed by atoms with E-state index in [9.17, 15) is 19.7 Å². The van der Waals surface area contributed by atoms with E-state index in [2.05, 4.69) is 4.74 Å². The monoisotopic (exact) mass is 332 g/mol. The van der Waals surface area contributed by atoms with Crippen LogP contribution in [0.5, 0.6) is 0 Å². The molecule has 0 radical (unpaired) electrons. The summed E-state index contributed by atoms with van der Waals surface area (Å²) in [5, 5.41) is 11.1. The van der Waals surface area contributed by atoms with Gasteiger partial charge in [0.1, 0.15) is 0 Å². The molecule has 1 aromatic carbocycles. The molecule has 24 heavy (non-hydrogen) atoms. The van der Waals surface area contributed by atoms with Crippen molar-refractivity contribution in [3.05, 3.63) is 39.4 Å². The SMILES string of the molecule is COC(=O)c1cc(C(=O)N(C2CCCC2)C2CC2)cc([N+](=O)[O-])c1. The topological polar surface area (TPSA) is 89.8 Å². The molecule has 3 rings (SSSR count). The van der Waals surface area contributed by atoms with Crippen LogP contribution in [-0.2, 0) is 4.74 Å². The Morgan fingerprint density at radius 3 is 2.21 bits per heavy atom. The fourth-order valence-electron chi connectivity index (χ4n) is 3.39. The predicted molar refractivity (Wildman–Crippen MR) is 85.9 cm³/mol. The number of nitro groups is 1. The summed E-state index contributed by atoms with van der Waals surface area (Å²) < 4.78 is 4.64. The lowest BCUT2D eigenvalue weighted by Gasteiger charge is -2.29. The van der Waals surface area contributed by atoms with Gasteiger partial charge in [-0.25, -0.2) is 4.79 Å². The van der Waals surface area contributed by atoms with Gasteiger partial charge < -0.3 is 9.64 Å². The van der Waals surface area contributed by atoms with Crippen LogP contribution in [0.4, 0.5) is 5.69 Å². The minimum atomic E-state index is -0.688. The Labute approximate surface area is 139 Å². The van der Waals surface area contributed by atoms with E-state index in [1.54, 1.807) is 0 Å². The van der Waals surface area contributed by atoms with E-state index < -0.39 is 10.9 Å². The van der Waals surface area contributed by atoms with Crippen LogP contribution in [0, 0.1) is 10.1 Å². The highest BCUT2D eigenvalue weighted by Crippen LogP contribution is 2.36. The second-order valence-corrected chi connectivity index (χ2v) is 6.40. The van der Waals surface area contributed by atoms with E-state index in [-0.39, 0.29) is 34.8 Å². The van der Waals surface area contributed by atoms with Gasteiger partial charge in [-0.3, -0.25) is 14.9 Å². The Bertz CT molecular complexity index is 678. The normalized spacial score (nSPS) is 17.5. The first kappa shape index (κ1) is 16.4. The summed E-state index contributed by atoms with van der Waals surface area (Å²) in [7, 11) is 1.21. The lowest BCUT2D eigenvalue weighted by atomic mass is 10.1. The Kier molecular flexibility index (Phi) is 4.51. The van der Waals surface area contributed by atoms with Crippen LogP contribution >= 0.6 is 0 Å². The Morgan fingerprint density at radius 2 is 1.67 bits per heavy atom. The van der Waals surface area contributed by atoms with E-state index in [1.807, 2.05) is 4.90 Å². The average Bonchev–Trinajstić information content (AvgIpc) is 3.27. The van der Waals surface area contributed by atoms with Crippen molar-refractivity contribution in [2.75, 3.05) is 7.11 Å². The molecule has 0 bridgehead atoms. The van der Waals surface area contributed by atoms with E-state index >= 15 is 0 Å². The van der Waals surface area contributed by atoms with E-state index in [0.29, 0.717) is 0 Å². The second kappa shape index (κ2) is 6.59. The number of nitro benzene ring substituents is 1. The third-order valence-electron chi connectivity index (χ3n) is 4.69. The first-order chi connectivity index (χ1) is 11.5. The van der Waals surface area contributed by atoms with Crippen LogP contribution in [0.3, 0.4) is 0 Å². The van der Waals surface area contributed by atoms with Crippen LogP contribution < -0.4 is 0 Å². The van der Waals surface area contributed by atoms with E-state index in [1.165, 1.54) is 19.2 Å². The number of rotatable bonds is 5. The van der Waals surface area contributed by atoms with Gasteiger partial charge in [0.15, 0.2) is 0 Å². The molecule has 7 nitrogen and oxygen atoms in total. The van der Waals surface area contributed by atoms with Gasteiger partial charge in [0.25, 0.3) is 11.6 Å². The van der Waals surface area contributed by atoms with Gasteiger partial charge in [-0.2, -0.15) is 0 Å². The van der Waals surface area contributed by atoms with Gasteiger partial charge in [-0.15, -0.1) is 0 Å². The molecule has 0 spiro atoms. The fraction of sp³-hybridized carbons (Fsp3) is 0.529. The minimum absolute atomic E-state index is 0.0252. The van der Waals surface area contributed by atoms with Crippen LogP contribution in [0.25, 0.3) is 0 Å². The molecule has 2 aliphatic carbocycles. The summed E-state index contributed by atoms with van der Waals surface area (Å²) in [5.41, 5.74) is -0.0657. The number of nitrogens with zero attached hydrogens (tertiary/aromatic N) is 2. The number of non-ortho nitro benzene ring substituents is 1. The van der Waals surface area contributed by atoms with Crippen LogP contribution in [-0.4, -0.2) is 40.9 Å². The summed E-state index contributed by atoms with van der Waals surface area (Å²) in [6.07, 6.45) is 6.09. The van der Waals surface area contributed by atoms with Crippen molar-refractivity contribution in [3.63, 3.8) is 0 Å². The Hall–Kier alpha value is -2.44. The molecule has 1 amide bonds. The highest BCUT2D eigenvalue weighted by Gasteiger charge is 2.39. The maximum atomic E-state index is 13.0. The van der Waals surface area contributed by atoms with Crippen molar-refractivity contribution in [2.45, 2.75) is 50.6 Å². The molecule has 0 heterocycles. The number of hydrogen-bond acceptors (Lipinski definition) is 5. The fourth-order valence-corrected chi connectivity index (χ4v) is 3.39. The maximum Gasteiger partial charge on any atom is 0.338 e. The maximum absolute atomic E-state index is 13.0. The van der Waals surface area contributed by atoms with E-state index in [0.717, 1.165) is 44.6 Å². The number of esters is 1. The van der Waals surface area contributed by atoms with Gasteiger partial charge in [0, 0.05) is 29.8 Å². The zero-order valence-electron chi connectivity index (χ0n) is 13.6. The number of methoxy groups -OCH3 is 1. The molecule has 0 aromatic heterocycles. The molecule has 1 aromatic rings. The third kappa shape index (κ3) is 3.25. The molecule has 2 saturated carbocycles. The number of hydrogen-bond donors (Lipinski definition) is 0. The standard InChI is InChI=1S/C17H20N2O5/c1-24-17(21)12-8-11(9-15(10-12)19(22)23)16(20)18(14-6-7-14)13-4-2-3-5-13/h8-10,13-14H,2-7H2,1H3. The summed E-state index contributed by atoms with van der Waals surface area (Å²) in [5.74, 6) is -0.912. The smallest absolute Gasteiger partial charge is 0.338 e. The minimum Gasteiger partial charge on any atom is -0.465 e. The number of benzene rings is 1. The summed E-state index contributed by atoms with van der Waals surface area (Å²) >= 11 is 0. The molecule has 128 valence electrons. The molecular weight excluding hydrogens is 312 g/mol.